The molecular formula is C17H17N3O5. The molecule has 0 saturated heterocycles. The summed E-state index contributed by atoms with van der Waals surface area (Å²) in [5.74, 6) is -0.00194. The van der Waals surface area contributed by atoms with Crippen LogP contribution in [0.25, 0.3) is 11.5 Å². The van der Waals surface area contributed by atoms with E-state index in [9.17, 15) is 14.9 Å². The molecule has 1 heterocycles. The first-order valence-electron chi connectivity index (χ1n) is 7.98. The minimum Gasteiger partial charge on any atom is -0.452 e. The van der Waals surface area contributed by atoms with Gasteiger partial charge >= 0.3 is 5.97 Å². The standard InChI is InChI=1S/C17H17N3O5/c1-11(24-17(21)13-5-3-2-4-6-13)15-18-19-16(25-15)12-7-9-14(10-8-12)20(22)23/h2-3,7-11,13H,4-6H2,1H3/t11-,13+/m1/s1. The number of esters is 1. The number of benzene rings is 1. The number of hydrogen-bond acceptors (Lipinski definition) is 7. The minimum absolute atomic E-state index is 0.0210. The van der Waals surface area contributed by atoms with E-state index in [0.29, 0.717) is 12.0 Å². The zero-order chi connectivity index (χ0) is 17.8. The molecule has 0 spiro atoms. The zero-order valence-electron chi connectivity index (χ0n) is 13.6. The zero-order valence-corrected chi connectivity index (χ0v) is 13.6. The first-order chi connectivity index (χ1) is 12.0. The molecule has 0 aliphatic heterocycles. The average Bonchev–Trinajstić information content (AvgIpc) is 3.13. The van der Waals surface area contributed by atoms with Crippen molar-refractivity contribution in [2.24, 2.45) is 5.92 Å². The van der Waals surface area contributed by atoms with Crippen molar-refractivity contribution < 1.29 is 18.9 Å². The smallest absolute Gasteiger partial charge is 0.310 e. The normalized spacial score (nSPS) is 17.9. The summed E-state index contributed by atoms with van der Waals surface area (Å²) in [6.07, 6.45) is 5.72. The fourth-order valence-electron chi connectivity index (χ4n) is 2.57. The van der Waals surface area contributed by atoms with Gasteiger partial charge in [0.25, 0.3) is 11.6 Å². The maximum atomic E-state index is 12.2. The Balaban J connectivity index is 1.66. The van der Waals surface area contributed by atoms with Gasteiger partial charge in [-0.3, -0.25) is 14.9 Å². The molecule has 8 nitrogen and oxygen atoms in total. The molecule has 1 aromatic heterocycles. The number of nitrogens with zero attached hydrogens (tertiary/aromatic N) is 3. The number of carbonyl (C=O) groups is 1. The third-order valence-electron chi connectivity index (χ3n) is 4.01. The molecule has 0 N–H and O–H groups in total. The number of carbonyl (C=O) groups excluding carboxylic acids is 1. The summed E-state index contributed by atoms with van der Waals surface area (Å²) in [4.78, 5) is 22.3. The molecule has 2 atom stereocenters. The van der Waals surface area contributed by atoms with Crippen molar-refractivity contribution in [1.29, 1.82) is 0 Å². The third-order valence-corrected chi connectivity index (χ3v) is 4.01. The fourth-order valence-corrected chi connectivity index (χ4v) is 2.57. The Kier molecular flexibility index (Phi) is 4.87. The summed E-state index contributed by atoms with van der Waals surface area (Å²) in [7, 11) is 0. The molecule has 0 amide bonds. The van der Waals surface area contributed by atoms with Gasteiger partial charge in [-0.15, -0.1) is 10.2 Å². The lowest BCUT2D eigenvalue weighted by Crippen LogP contribution is -2.20. The number of allylic oxidation sites excluding steroid dienone is 2. The van der Waals surface area contributed by atoms with E-state index in [1.54, 1.807) is 6.92 Å². The van der Waals surface area contributed by atoms with Crippen LogP contribution in [0.5, 0.6) is 0 Å². The van der Waals surface area contributed by atoms with Gasteiger partial charge in [-0.05, 0) is 38.3 Å². The SMILES string of the molecule is C[C@@H](OC(=O)[C@H]1CC=CCC1)c1nnc(-c2ccc([N+](=O)[O-])cc2)o1. The van der Waals surface area contributed by atoms with Crippen LogP contribution in [0.15, 0.2) is 40.8 Å². The number of non-ortho nitro benzene ring substituents is 1. The Morgan fingerprint density at radius 1 is 1.32 bits per heavy atom. The predicted octanol–water partition coefficient (Wildman–Crippen LogP) is 3.61. The highest BCUT2D eigenvalue weighted by molar-refractivity contribution is 5.73. The highest BCUT2D eigenvalue weighted by Gasteiger charge is 2.25. The van der Waals surface area contributed by atoms with Crippen LogP contribution in [0.2, 0.25) is 0 Å². The van der Waals surface area contributed by atoms with E-state index in [-0.39, 0.29) is 29.4 Å². The van der Waals surface area contributed by atoms with Gasteiger partial charge in [-0.1, -0.05) is 12.2 Å². The Labute approximate surface area is 143 Å². The molecule has 1 aliphatic rings. The van der Waals surface area contributed by atoms with Crippen LogP contribution >= 0.6 is 0 Å². The van der Waals surface area contributed by atoms with Crippen LogP contribution in [-0.4, -0.2) is 21.1 Å². The van der Waals surface area contributed by atoms with Crippen LogP contribution in [0, 0.1) is 16.0 Å². The highest BCUT2D eigenvalue weighted by Crippen LogP contribution is 2.26. The second-order valence-electron chi connectivity index (χ2n) is 5.81. The van der Waals surface area contributed by atoms with Crippen molar-refractivity contribution in [2.75, 3.05) is 0 Å². The largest absolute Gasteiger partial charge is 0.452 e. The Morgan fingerprint density at radius 2 is 2.08 bits per heavy atom. The molecule has 0 unspecified atom stereocenters. The van der Waals surface area contributed by atoms with Gasteiger partial charge in [-0.25, -0.2) is 0 Å². The van der Waals surface area contributed by atoms with Gasteiger partial charge in [0.15, 0.2) is 6.10 Å². The second kappa shape index (κ2) is 7.25. The first kappa shape index (κ1) is 16.8. The van der Waals surface area contributed by atoms with Crippen molar-refractivity contribution >= 4 is 11.7 Å². The number of nitro groups is 1. The minimum atomic E-state index is -0.655. The number of hydrogen-bond donors (Lipinski definition) is 0. The molecule has 130 valence electrons. The number of nitro benzene ring substituents is 1. The number of ether oxygens (including phenoxy) is 1. The second-order valence-corrected chi connectivity index (χ2v) is 5.81. The van der Waals surface area contributed by atoms with Crippen molar-refractivity contribution in [2.45, 2.75) is 32.3 Å². The van der Waals surface area contributed by atoms with Crippen LogP contribution in [0.3, 0.4) is 0 Å². The molecule has 8 heteroatoms. The molecule has 0 fully saturated rings. The van der Waals surface area contributed by atoms with Crippen LogP contribution in [0.4, 0.5) is 5.69 Å². The van der Waals surface area contributed by atoms with Gasteiger partial charge in [0.05, 0.1) is 10.8 Å². The number of aromatic nitrogens is 2. The van der Waals surface area contributed by atoms with Crippen molar-refractivity contribution in [3.05, 3.63) is 52.4 Å². The van der Waals surface area contributed by atoms with E-state index in [0.717, 1.165) is 12.8 Å². The van der Waals surface area contributed by atoms with E-state index in [1.165, 1.54) is 24.3 Å². The molecule has 2 aromatic rings. The first-order valence-corrected chi connectivity index (χ1v) is 7.98. The monoisotopic (exact) mass is 343 g/mol. The summed E-state index contributed by atoms with van der Waals surface area (Å²) in [5.41, 5.74) is 0.535. The van der Waals surface area contributed by atoms with Crippen molar-refractivity contribution in [3.8, 4) is 11.5 Å². The maximum absolute atomic E-state index is 12.2. The topological polar surface area (TPSA) is 108 Å². The predicted molar refractivity (Wildman–Crippen MR) is 87.4 cm³/mol. The molecule has 0 saturated carbocycles. The van der Waals surface area contributed by atoms with E-state index >= 15 is 0 Å². The summed E-state index contributed by atoms with van der Waals surface area (Å²) in [6, 6.07) is 5.78. The lowest BCUT2D eigenvalue weighted by atomic mass is 9.95. The number of rotatable bonds is 5. The lowest BCUT2D eigenvalue weighted by Gasteiger charge is -2.18. The quantitative estimate of drug-likeness (QED) is 0.353. The van der Waals surface area contributed by atoms with Gasteiger partial charge < -0.3 is 9.15 Å². The summed E-state index contributed by atoms with van der Waals surface area (Å²) in [6.45, 7) is 1.67. The molecule has 1 aromatic carbocycles. The molecule has 3 rings (SSSR count). The van der Waals surface area contributed by atoms with E-state index in [4.69, 9.17) is 9.15 Å². The Morgan fingerprint density at radius 3 is 2.72 bits per heavy atom. The highest BCUT2D eigenvalue weighted by atomic mass is 16.6. The van der Waals surface area contributed by atoms with Crippen LogP contribution < -0.4 is 0 Å². The maximum Gasteiger partial charge on any atom is 0.310 e. The summed E-state index contributed by atoms with van der Waals surface area (Å²) in [5, 5.41) is 18.5. The molecule has 25 heavy (non-hydrogen) atoms. The van der Waals surface area contributed by atoms with Gasteiger partial charge in [0, 0.05) is 17.7 Å². The summed E-state index contributed by atoms with van der Waals surface area (Å²) < 4.78 is 11.0. The Hall–Kier alpha value is -3.03. The van der Waals surface area contributed by atoms with E-state index < -0.39 is 11.0 Å². The molecular weight excluding hydrogens is 326 g/mol. The van der Waals surface area contributed by atoms with Gasteiger partial charge in [0.2, 0.25) is 5.89 Å². The Bertz CT molecular complexity index is 797. The van der Waals surface area contributed by atoms with E-state index in [1.807, 2.05) is 6.08 Å². The summed E-state index contributed by atoms with van der Waals surface area (Å²) >= 11 is 0. The van der Waals surface area contributed by atoms with Gasteiger partial charge in [0.1, 0.15) is 0 Å². The third kappa shape index (κ3) is 3.90. The van der Waals surface area contributed by atoms with E-state index in [2.05, 4.69) is 16.3 Å². The molecule has 0 bridgehead atoms. The van der Waals surface area contributed by atoms with Crippen LogP contribution in [0.1, 0.15) is 38.2 Å². The van der Waals surface area contributed by atoms with Crippen molar-refractivity contribution in [3.63, 3.8) is 0 Å². The van der Waals surface area contributed by atoms with Crippen LogP contribution in [-0.2, 0) is 9.53 Å². The lowest BCUT2D eigenvalue weighted by molar-refractivity contribution is -0.384. The average molecular weight is 343 g/mol. The van der Waals surface area contributed by atoms with Gasteiger partial charge in [-0.2, -0.15) is 0 Å². The molecule has 0 radical (unpaired) electrons. The molecule has 1 aliphatic carbocycles. The fraction of sp³-hybridized carbons (Fsp3) is 0.353. The van der Waals surface area contributed by atoms with Crippen molar-refractivity contribution in [1.82, 2.24) is 10.2 Å².